The maximum atomic E-state index is 14.3. The van der Waals surface area contributed by atoms with Crippen LogP contribution >= 0.6 is 7.14 Å². The molecule has 0 N–H and O–H groups in total. The third-order valence-electron chi connectivity index (χ3n) is 9.22. The van der Waals surface area contributed by atoms with Crippen LogP contribution in [0, 0.1) is 0 Å². The lowest BCUT2D eigenvalue weighted by atomic mass is 10.1. The quantitative estimate of drug-likeness (QED) is 0.272. The van der Waals surface area contributed by atoms with E-state index in [0.29, 0.717) is 82.8 Å². The Labute approximate surface area is 282 Å². The molecule has 252 valence electrons. The van der Waals surface area contributed by atoms with E-state index in [0.717, 1.165) is 25.7 Å². The molecule has 1 unspecified atom stereocenters. The van der Waals surface area contributed by atoms with Gasteiger partial charge in [-0.25, -0.2) is 0 Å². The molecule has 0 saturated carbocycles. The molecule has 2 fully saturated rings. The first-order chi connectivity index (χ1) is 22.7. The number of hydrogen-bond acceptors (Lipinski definition) is 10. The highest BCUT2D eigenvalue weighted by atomic mass is 32.8. The molecule has 0 bridgehead atoms. The number of rotatable bonds is 13. The van der Waals surface area contributed by atoms with Crippen molar-refractivity contribution in [3.8, 4) is 23.0 Å². The van der Waals surface area contributed by atoms with Gasteiger partial charge >= 0.3 is 0 Å². The lowest BCUT2D eigenvalue weighted by molar-refractivity contribution is 0.0766. The number of hydrogen-bond donors (Lipinski definition) is 0. The highest BCUT2D eigenvalue weighted by Gasteiger charge is 2.34. The van der Waals surface area contributed by atoms with Crippen molar-refractivity contribution in [3.63, 3.8) is 0 Å². The molecule has 2 amide bonds. The second-order valence-corrected chi connectivity index (χ2v) is 18.9. The Morgan fingerprint density at radius 3 is 1.68 bits per heavy atom. The number of methoxy groups -OCH3 is 2. The van der Waals surface area contributed by atoms with Crippen LogP contribution in [0.15, 0.2) is 34.3 Å². The van der Waals surface area contributed by atoms with Gasteiger partial charge in [0.1, 0.15) is 0 Å². The molecule has 0 spiro atoms. The smallest absolute Gasteiger partial charge is 0.256 e. The maximum Gasteiger partial charge on any atom is 0.256 e. The van der Waals surface area contributed by atoms with Crippen molar-refractivity contribution in [2.24, 2.45) is 9.98 Å². The molecule has 47 heavy (non-hydrogen) atoms. The van der Waals surface area contributed by atoms with E-state index in [-0.39, 0.29) is 46.6 Å². The molecule has 6 rings (SSSR count). The number of carbonyl (C=O) groups is 2. The first-order valence-electron chi connectivity index (χ1n) is 16.0. The Bertz CT molecular complexity index is 1570. The van der Waals surface area contributed by atoms with E-state index < -0.39 is 7.14 Å². The number of fused-ring (bicyclic) bond motifs is 4. The summed E-state index contributed by atoms with van der Waals surface area (Å²) in [5, 5.41) is 0. The predicted molar refractivity (Wildman–Crippen MR) is 189 cm³/mol. The molecule has 2 aromatic carbocycles. The molecule has 0 radical (unpaired) electrons. The van der Waals surface area contributed by atoms with Crippen LogP contribution in [0.4, 0.5) is 11.4 Å². The highest BCUT2D eigenvalue weighted by Crippen LogP contribution is 2.46. The third-order valence-corrected chi connectivity index (χ3v) is 13.8. The lowest BCUT2D eigenvalue weighted by Gasteiger charge is -2.22. The van der Waals surface area contributed by atoms with Gasteiger partial charge < -0.3 is 33.3 Å². The van der Waals surface area contributed by atoms with E-state index in [9.17, 15) is 14.2 Å². The number of benzene rings is 2. The summed E-state index contributed by atoms with van der Waals surface area (Å²) in [5.74, 6) is 2.31. The Morgan fingerprint density at radius 1 is 0.787 bits per heavy atom. The SMILES string of the molecule is COc1cc2c(cc1OCCP(=O)(CCOc1cc3c(cc1OC)C(=O)N1CCC[C@H]1C=N3)CCS(C)=S)N=C[C@@H]1CCCN1C2=O. The number of carbonyl (C=O) groups excluding carboxylic acids is 2. The summed E-state index contributed by atoms with van der Waals surface area (Å²) >= 11 is 5.43. The van der Waals surface area contributed by atoms with Crippen molar-refractivity contribution in [1.82, 2.24) is 9.80 Å². The van der Waals surface area contributed by atoms with Gasteiger partial charge in [0.25, 0.3) is 11.8 Å². The molecule has 4 aliphatic rings. The van der Waals surface area contributed by atoms with Crippen LogP contribution in [0.3, 0.4) is 0 Å². The van der Waals surface area contributed by atoms with Crippen LogP contribution < -0.4 is 18.9 Å². The third kappa shape index (κ3) is 7.27. The van der Waals surface area contributed by atoms with Gasteiger partial charge in [-0.15, -0.1) is 9.45 Å². The molecule has 3 atom stereocenters. The van der Waals surface area contributed by atoms with Gasteiger partial charge in [0.05, 0.1) is 69.2 Å². The predicted octanol–water partition coefficient (Wildman–Crippen LogP) is 4.88. The zero-order valence-electron chi connectivity index (χ0n) is 27.0. The fraction of sp³-hybridized carbons (Fsp3) is 0.515. The molecular formula is C33H41N4O7PS2. The van der Waals surface area contributed by atoms with E-state index >= 15 is 0 Å². The maximum absolute atomic E-state index is 14.3. The number of aliphatic imine (C=N–C) groups is 2. The summed E-state index contributed by atoms with van der Waals surface area (Å²) in [6.45, 7) is 1.79. The average molecular weight is 701 g/mol. The minimum atomic E-state index is -2.77. The highest BCUT2D eigenvalue weighted by molar-refractivity contribution is 8.28. The summed E-state index contributed by atoms with van der Waals surface area (Å²) in [4.78, 5) is 39.4. The molecule has 2 saturated heterocycles. The first-order valence-corrected chi connectivity index (χ1v) is 21.0. The summed E-state index contributed by atoms with van der Waals surface area (Å²) in [6, 6.07) is 6.84. The summed E-state index contributed by atoms with van der Waals surface area (Å²) in [5.41, 5.74) is 2.06. The van der Waals surface area contributed by atoms with Crippen molar-refractivity contribution in [2.75, 3.05) is 71.0 Å². The van der Waals surface area contributed by atoms with E-state index in [1.807, 2.05) is 28.5 Å². The van der Waals surface area contributed by atoms with Gasteiger partial charge in [-0.1, -0.05) is 11.2 Å². The fourth-order valence-electron chi connectivity index (χ4n) is 6.51. The van der Waals surface area contributed by atoms with Gasteiger partial charge in [-0.3, -0.25) is 19.6 Å². The second-order valence-electron chi connectivity index (χ2n) is 12.2. The standard InChI is InChI=1S/C33H41N4O7PS2/c1-41-28-16-24-26(34-20-22-6-4-8-36(22)32(24)38)18-30(28)43-10-12-45(40,14-15-47(3)46)13-11-44-31-19-27-25(17-29(31)42-2)33(39)37-9-5-7-23(37)21-35-27/h16-23H,4-15H2,1-3H3/t22-,23-,47?/m0/s1. The number of ether oxygens (including phenoxy) is 4. The lowest BCUT2D eigenvalue weighted by Crippen LogP contribution is -2.35. The van der Waals surface area contributed by atoms with E-state index in [1.165, 1.54) is 14.2 Å². The second kappa shape index (κ2) is 14.5. The molecule has 14 heteroatoms. The molecule has 4 heterocycles. The van der Waals surface area contributed by atoms with Crippen LogP contribution in [-0.4, -0.2) is 117 Å². The molecule has 2 aromatic rings. The Morgan fingerprint density at radius 2 is 1.26 bits per heavy atom. The van der Waals surface area contributed by atoms with Crippen LogP contribution in [0.25, 0.3) is 0 Å². The van der Waals surface area contributed by atoms with Crippen LogP contribution in [0.1, 0.15) is 46.4 Å². The summed E-state index contributed by atoms with van der Waals surface area (Å²) in [7, 11) is 0.0108. The van der Waals surface area contributed by atoms with Crippen molar-refractivity contribution in [3.05, 3.63) is 35.4 Å². The van der Waals surface area contributed by atoms with Gasteiger partial charge in [0.15, 0.2) is 23.0 Å². The van der Waals surface area contributed by atoms with Gasteiger partial charge in [-0.05, 0) is 44.1 Å². The van der Waals surface area contributed by atoms with Crippen LogP contribution in [0.2, 0.25) is 0 Å². The van der Waals surface area contributed by atoms with Gasteiger partial charge in [-0.2, -0.15) is 0 Å². The fourth-order valence-corrected chi connectivity index (χ4v) is 11.1. The molecule has 0 aromatic heterocycles. The molecular weight excluding hydrogens is 659 g/mol. The Balaban J connectivity index is 1.13. The minimum Gasteiger partial charge on any atom is -0.493 e. The average Bonchev–Trinajstić information content (AvgIpc) is 3.70. The van der Waals surface area contributed by atoms with E-state index in [4.69, 9.17) is 30.1 Å². The zero-order valence-corrected chi connectivity index (χ0v) is 29.5. The summed E-state index contributed by atoms with van der Waals surface area (Å²) in [6.07, 6.45) is 10.5. The molecule has 4 aliphatic heterocycles. The summed E-state index contributed by atoms with van der Waals surface area (Å²) < 4.78 is 37.7. The van der Waals surface area contributed by atoms with Crippen LogP contribution in [0.5, 0.6) is 23.0 Å². The largest absolute Gasteiger partial charge is 0.493 e. The molecule has 11 nitrogen and oxygen atoms in total. The van der Waals surface area contributed by atoms with Crippen molar-refractivity contribution in [1.29, 1.82) is 0 Å². The minimum absolute atomic E-state index is 0.00420. The Kier molecular flexibility index (Phi) is 10.3. The monoisotopic (exact) mass is 700 g/mol. The topological polar surface area (TPSA) is 119 Å². The van der Waals surface area contributed by atoms with Crippen molar-refractivity contribution < 1.29 is 33.1 Å². The molecule has 0 aliphatic carbocycles. The number of nitrogens with zero attached hydrogens (tertiary/aromatic N) is 4. The zero-order chi connectivity index (χ0) is 33.1. The van der Waals surface area contributed by atoms with Gasteiger partial charge in [0.2, 0.25) is 0 Å². The van der Waals surface area contributed by atoms with E-state index in [2.05, 4.69) is 9.98 Å². The first kappa shape index (κ1) is 33.6. The van der Waals surface area contributed by atoms with Crippen molar-refractivity contribution in [2.45, 2.75) is 37.8 Å². The number of amides is 2. The van der Waals surface area contributed by atoms with Gasteiger partial charge in [0, 0.05) is 61.9 Å². The normalized spacial score (nSPS) is 20.6. The van der Waals surface area contributed by atoms with Crippen molar-refractivity contribution >= 4 is 63.4 Å². The van der Waals surface area contributed by atoms with Crippen LogP contribution in [-0.2, 0) is 25.2 Å². The van der Waals surface area contributed by atoms with E-state index in [1.54, 1.807) is 24.3 Å². The Hall–Kier alpha value is -3.28.